The van der Waals surface area contributed by atoms with Gasteiger partial charge in [-0.05, 0) is 66.0 Å². The number of hydrogen-bond donors (Lipinski definition) is 2. The Kier molecular flexibility index (Phi) is 7.58. The zero-order chi connectivity index (χ0) is 23.3. The second-order valence-corrected chi connectivity index (χ2v) is 8.32. The first-order valence-electron chi connectivity index (χ1n) is 10.3. The van der Waals surface area contributed by atoms with Crippen molar-refractivity contribution < 1.29 is 4.79 Å². The van der Waals surface area contributed by atoms with Gasteiger partial charge in [0.25, 0.3) is 5.91 Å². The van der Waals surface area contributed by atoms with Crippen LogP contribution in [0.25, 0.3) is 12.8 Å². The number of aromatic nitrogens is 3. The summed E-state index contributed by atoms with van der Waals surface area (Å²) in [5, 5.41) is 7.64. The van der Waals surface area contributed by atoms with Crippen molar-refractivity contribution in [3.8, 4) is 0 Å². The van der Waals surface area contributed by atoms with Crippen molar-refractivity contribution in [2.45, 2.75) is 26.8 Å². The number of carbonyl (C=O) groups excluding carboxylic acids is 1. The molecule has 0 aliphatic carbocycles. The molecule has 3 aromatic rings. The molecule has 0 saturated carbocycles. The minimum atomic E-state index is -0.206. The number of hydrogen-bond acceptors (Lipinski definition) is 6. The molecule has 166 valence electrons. The molecule has 2 heterocycles. The number of carbonyl (C=O) groups is 1. The molecular formula is C24H27BrN6O. The van der Waals surface area contributed by atoms with Gasteiger partial charge in [-0.1, -0.05) is 18.7 Å². The number of pyridine rings is 1. The largest absolute Gasteiger partial charge is 0.379 e. The highest BCUT2D eigenvalue weighted by atomic mass is 79.9. The fourth-order valence-corrected chi connectivity index (χ4v) is 3.21. The van der Waals surface area contributed by atoms with Gasteiger partial charge < -0.3 is 15.5 Å². The van der Waals surface area contributed by atoms with E-state index in [4.69, 9.17) is 0 Å². The van der Waals surface area contributed by atoms with E-state index >= 15 is 0 Å². The Labute approximate surface area is 196 Å². The lowest BCUT2D eigenvalue weighted by Crippen LogP contribution is -2.33. The summed E-state index contributed by atoms with van der Waals surface area (Å²) in [6.45, 7) is 10.9. The van der Waals surface area contributed by atoms with Crippen molar-refractivity contribution in [3.05, 3.63) is 74.7 Å². The zero-order valence-electron chi connectivity index (χ0n) is 18.7. The average molecular weight is 495 g/mol. The SMILES string of the molecule is C=c1nc(NC(C)c2cccc(NC(=O)c3cnc(Br)c(C)c3)c2)cn/c1=C/N(C)CC. The number of aryl methyl sites for hydroxylation is 1. The van der Waals surface area contributed by atoms with Gasteiger partial charge in [0.05, 0.1) is 23.2 Å². The van der Waals surface area contributed by atoms with E-state index in [2.05, 4.69) is 55.0 Å². The van der Waals surface area contributed by atoms with E-state index in [-0.39, 0.29) is 11.9 Å². The number of halogens is 1. The van der Waals surface area contributed by atoms with Crippen molar-refractivity contribution in [2.75, 3.05) is 24.2 Å². The van der Waals surface area contributed by atoms with Gasteiger partial charge in [-0.3, -0.25) is 4.79 Å². The van der Waals surface area contributed by atoms with Crippen LogP contribution in [0, 0.1) is 6.92 Å². The van der Waals surface area contributed by atoms with Crippen molar-refractivity contribution in [1.82, 2.24) is 19.9 Å². The Morgan fingerprint density at radius 1 is 1.28 bits per heavy atom. The van der Waals surface area contributed by atoms with E-state index in [1.54, 1.807) is 18.5 Å². The lowest BCUT2D eigenvalue weighted by molar-refractivity contribution is 0.102. The van der Waals surface area contributed by atoms with Crippen LogP contribution < -0.4 is 21.3 Å². The minimum Gasteiger partial charge on any atom is -0.379 e. The Balaban J connectivity index is 1.72. The Morgan fingerprint density at radius 2 is 2.06 bits per heavy atom. The van der Waals surface area contributed by atoms with Crippen LogP contribution in [-0.2, 0) is 0 Å². The first-order valence-corrected chi connectivity index (χ1v) is 11.1. The van der Waals surface area contributed by atoms with E-state index < -0.39 is 0 Å². The fourth-order valence-electron chi connectivity index (χ4n) is 2.99. The van der Waals surface area contributed by atoms with Crippen molar-refractivity contribution in [1.29, 1.82) is 0 Å². The first-order chi connectivity index (χ1) is 15.3. The quantitative estimate of drug-likeness (QED) is 0.489. The van der Waals surface area contributed by atoms with Crippen LogP contribution in [0.3, 0.4) is 0 Å². The molecule has 2 aromatic heterocycles. The summed E-state index contributed by atoms with van der Waals surface area (Å²) in [6.07, 6.45) is 5.18. The lowest BCUT2D eigenvalue weighted by atomic mass is 10.1. The third kappa shape index (κ3) is 5.91. The molecule has 1 atom stereocenters. The van der Waals surface area contributed by atoms with Gasteiger partial charge >= 0.3 is 0 Å². The van der Waals surface area contributed by atoms with Crippen LogP contribution >= 0.6 is 15.9 Å². The third-order valence-electron chi connectivity index (χ3n) is 5.00. The average Bonchev–Trinajstić information content (AvgIpc) is 2.77. The highest BCUT2D eigenvalue weighted by Crippen LogP contribution is 2.21. The second-order valence-electron chi connectivity index (χ2n) is 7.57. The van der Waals surface area contributed by atoms with E-state index in [9.17, 15) is 4.79 Å². The van der Waals surface area contributed by atoms with Gasteiger partial charge in [0.1, 0.15) is 15.8 Å². The molecule has 0 spiro atoms. The topological polar surface area (TPSA) is 83.0 Å². The Bertz CT molecular complexity index is 1230. The monoisotopic (exact) mass is 494 g/mol. The van der Waals surface area contributed by atoms with Crippen LogP contribution in [0.15, 0.2) is 47.3 Å². The maximum absolute atomic E-state index is 12.6. The number of nitrogens with one attached hydrogen (secondary N) is 2. The highest BCUT2D eigenvalue weighted by Gasteiger charge is 2.11. The molecule has 32 heavy (non-hydrogen) atoms. The summed E-state index contributed by atoms with van der Waals surface area (Å²) in [5.74, 6) is 0.437. The predicted molar refractivity (Wildman–Crippen MR) is 133 cm³/mol. The van der Waals surface area contributed by atoms with Crippen molar-refractivity contribution >= 4 is 46.1 Å². The van der Waals surface area contributed by atoms with Crippen LogP contribution in [-0.4, -0.2) is 39.4 Å². The molecule has 0 radical (unpaired) electrons. The summed E-state index contributed by atoms with van der Waals surface area (Å²) in [5.41, 5.74) is 3.12. The van der Waals surface area contributed by atoms with E-state index in [0.29, 0.717) is 22.4 Å². The fraction of sp³-hybridized carbons (Fsp3) is 0.250. The number of amides is 1. The summed E-state index contributed by atoms with van der Waals surface area (Å²) in [4.78, 5) is 27.8. The molecule has 3 rings (SSSR count). The lowest BCUT2D eigenvalue weighted by Gasteiger charge is -2.16. The van der Waals surface area contributed by atoms with E-state index in [0.717, 1.165) is 27.6 Å². The summed E-state index contributed by atoms with van der Waals surface area (Å²) in [6, 6.07) is 9.45. The number of nitrogens with zero attached hydrogens (tertiary/aromatic N) is 4. The minimum absolute atomic E-state index is 0.0507. The summed E-state index contributed by atoms with van der Waals surface area (Å²) in [7, 11) is 1.98. The molecule has 0 aliphatic heterocycles. The molecule has 0 saturated heterocycles. The molecule has 7 nitrogen and oxygen atoms in total. The van der Waals surface area contributed by atoms with E-state index in [1.165, 1.54) is 0 Å². The van der Waals surface area contributed by atoms with Gasteiger partial charge in [-0.25, -0.2) is 15.0 Å². The standard InChI is InChI=1S/C24H27BrN6O/c1-6-31(5)14-21-17(4)29-22(13-26-21)28-16(3)18-8-7-9-20(11-18)30-24(32)19-10-15(2)23(25)27-12-19/h7-14,16H,4,6H2,1-3,5H3,(H,28,29)(H,30,32)/b21-14+. The van der Waals surface area contributed by atoms with Crippen LogP contribution in [0.5, 0.6) is 0 Å². The van der Waals surface area contributed by atoms with Gasteiger partial charge in [-0.15, -0.1) is 0 Å². The van der Waals surface area contributed by atoms with Crippen molar-refractivity contribution in [3.63, 3.8) is 0 Å². The number of benzene rings is 1. The molecule has 1 amide bonds. The predicted octanol–water partition coefficient (Wildman–Crippen LogP) is 3.47. The molecule has 2 N–H and O–H groups in total. The number of anilines is 2. The number of rotatable bonds is 7. The van der Waals surface area contributed by atoms with Crippen LogP contribution in [0.4, 0.5) is 11.5 Å². The summed E-state index contributed by atoms with van der Waals surface area (Å²) >= 11 is 3.35. The highest BCUT2D eigenvalue weighted by molar-refractivity contribution is 9.10. The molecule has 8 heteroatoms. The Hall–Kier alpha value is -3.26. The van der Waals surface area contributed by atoms with Gasteiger partial charge in [0, 0.05) is 31.7 Å². The Morgan fingerprint density at radius 3 is 2.75 bits per heavy atom. The molecule has 0 bridgehead atoms. The molecular weight excluding hydrogens is 468 g/mol. The molecule has 0 aliphatic rings. The normalized spacial score (nSPS) is 12.3. The van der Waals surface area contributed by atoms with Crippen LogP contribution in [0.2, 0.25) is 0 Å². The molecule has 0 fully saturated rings. The van der Waals surface area contributed by atoms with Crippen molar-refractivity contribution in [2.24, 2.45) is 0 Å². The maximum Gasteiger partial charge on any atom is 0.257 e. The summed E-state index contributed by atoms with van der Waals surface area (Å²) < 4.78 is 0.729. The maximum atomic E-state index is 12.6. The van der Waals surface area contributed by atoms with E-state index in [1.807, 2.05) is 56.3 Å². The van der Waals surface area contributed by atoms with Gasteiger partial charge in [-0.2, -0.15) is 0 Å². The first kappa shape index (κ1) is 23.4. The van der Waals surface area contributed by atoms with Gasteiger partial charge in [0.15, 0.2) is 0 Å². The molecule has 1 unspecified atom stereocenters. The van der Waals surface area contributed by atoms with Gasteiger partial charge in [0.2, 0.25) is 0 Å². The third-order valence-corrected chi connectivity index (χ3v) is 5.83. The smallest absolute Gasteiger partial charge is 0.257 e. The second kappa shape index (κ2) is 10.4. The van der Waals surface area contributed by atoms with Crippen LogP contribution in [0.1, 0.15) is 41.4 Å². The zero-order valence-corrected chi connectivity index (χ0v) is 20.3. The molecule has 1 aromatic carbocycles.